The number of aromatic nitrogens is 2. The number of alkyl halides is 2. The molecule has 0 radical (unpaired) electrons. The minimum Gasteiger partial charge on any atom is -0.327 e. The monoisotopic (exact) mass is 356 g/mol. The van der Waals surface area contributed by atoms with Crippen molar-refractivity contribution in [1.29, 1.82) is 0 Å². The minimum absolute atomic E-state index is 0. The van der Waals surface area contributed by atoms with Crippen molar-refractivity contribution >= 4 is 18.3 Å². The molecule has 1 amide bonds. The molecule has 2 heterocycles. The molecule has 0 saturated heterocycles. The first kappa shape index (κ1) is 18.4. The fourth-order valence-electron chi connectivity index (χ4n) is 2.74. The highest BCUT2D eigenvalue weighted by atomic mass is 35.5. The Hall–Kier alpha value is -1.99. The number of carbonyl (C=O) groups excluding carboxylic acids is 1. The molecule has 0 bridgehead atoms. The number of fused-ring (bicyclic) bond motifs is 1. The number of hydrogen-bond donors (Lipinski definition) is 2. The van der Waals surface area contributed by atoms with Crippen LogP contribution in [0.4, 0.5) is 8.78 Å². The van der Waals surface area contributed by atoms with Crippen LogP contribution in [0, 0.1) is 0 Å². The molecule has 0 saturated carbocycles. The maximum atomic E-state index is 12.9. The summed E-state index contributed by atoms with van der Waals surface area (Å²) in [4.78, 5) is 13.9. The number of hydrogen-bond acceptors (Lipinski definition) is 3. The molecule has 0 fully saturated rings. The third-order valence-electron chi connectivity index (χ3n) is 3.87. The summed E-state index contributed by atoms with van der Waals surface area (Å²) in [6, 6.07) is 9.11. The van der Waals surface area contributed by atoms with E-state index in [0.29, 0.717) is 6.54 Å². The van der Waals surface area contributed by atoms with Crippen molar-refractivity contribution in [1.82, 2.24) is 20.4 Å². The first-order valence-corrected chi connectivity index (χ1v) is 7.53. The number of nitrogens with one attached hydrogen (secondary N) is 2. The van der Waals surface area contributed by atoms with Gasteiger partial charge in [0.1, 0.15) is 0 Å². The molecule has 24 heavy (non-hydrogen) atoms. The summed E-state index contributed by atoms with van der Waals surface area (Å²) in [6.07, 6.45) is -1.83. The predicted octanol–water partition coefficient (Wildman–Crippen LogP) is 2.38. The van der Waals surface area contributed by atoms with Crippen molar-refractivity contribution < 1.29 is 13.6 Å². The van der Waals surface area contributed by atoms with Crippen molar-refractivity contribution in [3.05, 3.63) is 52.8 Å². The zero-order chi connectivity index (χ0) is 16.2. The van der Waals surface area contributed by atoms with E-state index in [-0.39, 0.29) is 24.6 Å². The van der Waals surface area contributed by atoms with Crippen LogP contribution in [0.15, 0.2) is 30.3 Å². The Morgan fingerprint density at radius 2 is 2.04 bits per heavy atom. The Morgan fingerprint density at radius 1 is 1.29 bits per heavy atom. The van der Waals surface area contributed by atoms with E-state index in [9.17, 15) is 13.6 Å². The van der Waals surface area contributed by atoms with Crippen molar-refractivity contribution in [2.45, 2.75) is 25.9 Å². The fourth-order valence-corrected chi connectivity index (χ4v) is 2.74. The van der Waals surface area contributed by atoms with Gasteiger partial charge in [-0.3, -0.25) is 9.89 Å². The van der Waals surface area contributed by atoms with Crippen LogP contribution in [0.5, 0.6) is 0 Å². The number of benzene rings is 1. The van der Waals surface area contributed by atoms with Crippen LogP contribution in [0.1, 0.15) is 27.3 Å². The summed E-state index contributed by atoms with van der Waals surface area (Å²) in [5.41, 5.74) is 2.74. The second-order valence-electron chi connectivity index (χ2n) is 5.52. The summed E-state index contributed by atoms with van der Waals surface area (Å²) in [6.45, 7) is 0.871. The molecule has 2 N–H and O–H groups in total. The first-order chi connectivity index (χ1) is 11.1. The van der Waals surface area contributed by atoms with E-state index < -0.39 is 18.9 Å². The summed E-state index contributed by atoms with van der Waals surface area (Å²) < 4.78 is 25.8. The normalized spacial score (nSPS) is 13.3. The molecular weight excluding hydrogens is 338 g/mol. The molecule has 3 rings (SSSR count). The molecule has 0 atom stereocenters. The average Bonchev–Trinajstić information content (AvgIpc) is 2.98. The molecule has 1 aromatic carbocycles. The van der Waals surface area contributed by atoms with Gasteiger partial charge in [0.2, 0.25) is 0 Å². The highest BCUT2D eigenvalue weighted by Gasteiger charge is 2.27. The third-order valence-corrected chi connectivity index (χ3v) is 3.87. The zero-order valence-corrected chi connectivity index (χ0v) is 13.8. The van der Waals surface area contributed by atoms with E-state index in [2.05, 4.69) is 15.5 Å². The number of rotatable bonds is 5. The number of nitrogens with zero attached hydrogens (tertiary/aromatic N) is 2. The van der Waals surface area contributed by atoms with E-state index in [1.165, 1.54) is 0 Å². The number of H-pyrrole nitrogens is 1. The molecule has 130 valence electrons. The van der Waals surface area contributed by atoms with Crippen molar-refractivity contribution in [3.8, 4) is 0 Å². The second-order valence-corrected chi connectivity index (χ2v) is 5.52. The van der Waals surface area contributed by atoms with Gasteiger partial charge < -0.3 is 10.2 Å². The smallest absolute Gasteiger partial charge is 0.275 e. The summed E-state index contributed by atoms with van der Waals surface area (Å²) in [5.74, 6) is -0.463. The maximum Gasteiger partial charge on any atom is 0.275 e. The average molecular weight is 357 g/mol. The van der Waals surface area contributed by atoms with Gasteiger partial charge in [-0.2, -0.15) is 5.10 Å². The van der Waals surface area contributed by atoms with Gasteiger partial charge in [-0.15, -0.1) is 12.4 Å². The summed E-state index contributed by atoms with van der Waals surface area (Å²) >= 11 is 0. The van der Waals surface area contributed by atoms with E-state index >= 15 is 0 Å². The predicted molar refractivity (Wildman–Crippen MR) is 88.4 cm³/mol. The van der Waals surface area contributed by atoms with Crippen LogP contribution in [-0.4, -0.2) is 40.5 Å². The second kappa shape index (κ2) is 8.21. The zero-order valence-electron chi connectivity index (χ0n) is 13.0. The highest BCUT2D eigenvalue weighted by molar-refractivity contribution is 5.94. The van der Waals surface area contributed by atoms with Gasteiger partial charge in [0.25, 0.3) is 12.3 Å². The number of amides is 1. The Kier molecular flexibility index (Phi) is 6.28. The molecule has 2 aromatic rings. The van der Waals surface area contributed by atoms with E-state index in [1.54, 1.807) is 0 Å². The molecule has 1 aromatic heterocycles. The maximum absolute atomic E-state index is 12.9. The first-order valence-electron chi connectivity index (χ1n) is 7.53. The van der Waals surface area contributed by atoms with Gasteiger partial charge >= 0.3 is 0 Å². The lowest BCUT2D eigenvalue weighted by Crippen LogP contribution is -2.36. The molecule has 0 spiro atoms. The van der Waals surface area contributed by atoms with Crippen LogP contribution in [0.25, 0.3) is 0 Å². The number of halogens is 3. The van der Waals surface area contributed by atoms with Crippen LogP contribution in [0.2, 0.25) is 0 Å². The topological polar surface area (TPSA) is 61.0 Å². The quantitative estimate of drug-likeness (QED) is 0.864. The molecular formula is C16H19ClF2N4O. The Balaban J connectivity index is 0.00000208. The van der Waals surface area contributed by atoms with E-state index in [1.807, 2.05) is 30.3 Å². The van der Waals surface area contributed by atoms with E-state index in [0.717, 1.165) is 34.7 Å². The number of carbonyl (C=O) groups is 1. The highest BCUT2D eigenvalue weighted by Crippen LogP contribution is 2.19. The third kappa shape index (κ3) is 4.10. The minimum atomic E-state index is -2.59. The van der Waals surface area contributed by atoms with Gasteiger partial charge in [0.15, 0.2) is 5.69 Å². The summed E-state index contributed by atoms with van der Waals surface area (Å²) in [5, 5.41) is 10.1. The largest absolute Gasteiger partial charge is 0.327 e. The van der Waals surface area contributed by atoms with Crippen molar-refractivity contribution in [2.75, 3.05) is 13.1 Å². The van der Waals surface area contributed by atoms with Crippen LogP contribution in [0.3, 0.4) is 0 Å². The Labute approximate surface area is 144 Å². The summed E-state index contributed by atoms with van der Waals surface area (Å²) in [7, 11) is 0. The van der Waals surface area contributed by atoms with Gasteiger partial charge in [-0.25, -0.2) is 8.78 Å². The van der Waals surface area contributed by atoms with Crippen molar-refractivity contribution in [2.24, 2.45) is 0 Å². The lowest BCUT2D eigenvalue weighted by Gasteiger charge is -2.22. The van der Waals surface area contributed by atoms with Gasteiger partial charge in [0, 0.05) is 37.3 Å². The van der Waals surface area contributed by atoms with Gasteiger partial charge in [-0.05, 0) is 5.56 Å². The standard InChI is InChI=1S/C16H18F2N4O.ClH/c17-14(18)10-22(9-11-4-2-1-3-5-11)16(23)15-12-8-19-7-6-13(12)20-21-15;/h1-5,14,19H,6-10H2,(H,20,21);1H. The van der Waals surface area contributed by atoms with Crippen LogP contribution < -0.4 is 5.32 Å². The van der Waals surface area contributed by atoms with Crippen molar-refractivity contribution in [3.63, 3.8) is 0 Å². The lowest BCUT2D eigenvalue weighted by molar-refractivity contribution is 0.0528. The van der Waals surface area contributed by atoms with Crippen LogP contribution >= 0.6 is 12.4 Å². The molecule has 8 heteroatoms. The Morgan fingerprint density at radius 3 is 2.75 bits per heavy atom. The van der Waals surface area contributed by atoms with Gasteiger partial charge in [-0.1, -0.05) is 30.3 Å². The van der Waals surface area contributed by atoms with Gasteiger partial charge in [0.05, 0.1) is 6.54 Å². The Bertz CT molecular complexity index is 678. The molecule has 1 aliphatic heterocycles. The molecule has 0 unspecified atom stereocenters. The van der Waals surface area contributed by atoms with E-state index in [4.69, 9.17) is 0 Å². The van der Waals surface area contributed by atoms with Crippen LogP contribution in [-0.2, 0) is 19.5 Å². The molecule has 5 nitrogen and oxygen atoms in total. The SMILES string of the molecule is Cl.O=C(c1n[nH]c2c1CNCC2)N(Cc1ccccc1)CC(F)F. The molecule has 0 aliphatic carbocycles. The lowest BCUT2D eigenvalue weighted by atomic mass is 10.1. The molecule has 1 aliphatic rings. The number of aromatic amines is 1. The fraction of sp³-hybridized carbons (Fsp3) is 0.375.